The van der Waals surface area contributed by atoms with Gasteiger partial charge in [-0.25, -0.2) is 0 Å². The Balaban J connectivity index is 2.00. The first-order valence-electron chi connectivity index (χ1n) is 6.73. The van der Waals surface area contributed by atoms with Gasteiger partial charge >= 0.3 is 0 Å². The summed E-state index contributed by atoms with van der Waals surface area (Å²) in [6.07, 6.45) is 1.03. The lowest BCUT2D eigenvalue weighted by molar-refractivity contribution is 1.13. The molecule has 2 rings (SSSR count). The third-order valence-electron chi connectivity index (χ3n) is 3.07. The van der Waals surface area contributed by atoms with Crippen LogP contribution in [0.1, 0.15) is 5.56 Å². The summed E-state index contributed by atoms with van der Waals surface area (Å²) in [5, 5.41) is 8.52. The molecule has 0 unspecified atom stereocenters. The second-order valence-corrected chi connectivity index (χ2v) is 6.30. The number of hydrogen-bond acceptors (Lipinski definition) is 5. The average molecular weight is 317 g/mol. The molecule has 0 saturated heterocycles. The number of benzene rings is 2. The maximum Gasteiger partial charge on any atom is 0.0858 e. The van der Waals surface area contributed by atoms with Crippen molar-refractivity contribution in [2.24, 2.45) is 10.2 Å². The van der Waals surface area contributed by atoms with Gasteiger partial charge < -0.3 is 4.90 Å². The third-order valence-corrected chi connectivity index (χ3v) is 4.00. The largest absolute Gasteiger partial charge is 0.378 e. The van der Waals surface area contributed by atoms with Crippen LogP contribution >= 0.6 is 22.5 Å². The first kappa shape index (κ1) is 15.9. The normalized spacial score (nSPS) is 11.0. The van der Waals surface area contributed by atoms with Crippen LogP contribution in [0.15, 0.2) is 58.8 Å². The minimum absolute atomic E-state index is 0.858. The van der Waals surface area contributed by atoms with E-state index in [9.17, 15) is 0 Å². The van der Waals surface area contributed by atoms with Crippen LogP contribution in [0.4, 0.5) is 17.1 Å². The molecule has 0 radical (unpaired) electrons. The molecule has 0 fully saturated rings. The van der Waals surface area contributed by atoms with Crippen molar-refractivity contribution < 1.29 is 0 Å². The van der Waals surface area contributed by atoms with Crippen molar-refractivity contribution in [1.29, 1.82) is 0 Å². The van der Waals surface area contributed by atoms with Crippen molar-refractivity contribution in [3.05, 3.63) is 54.1 Å². The van der Waals surface area contributed by atoms with E-state index in [0.29, 0.717) is 0 Å². The molecule has 0 aliphatic carbocycles. The van der Waals surface area contributed by atoms with E-state index in [4.69, 9.17) is 0 Å². The van der Waals surface area contributed by atoms with Crippen LogP contribution in [-0.4, -0.2) is 19.8 Å². The molecule has 0 spiro atoms. The van der Waals surface area contributed by atoms with Crippen LogP contribution in [0.2, 0.25) is 0 Å². The molecule has 3 nitrogen and oxygen atoms in total. The van der Waals surface area contributed by atoms with Crippen molar-refractivity contribution in [3.63, 3.8) is 0 Å². The third kappa shape index (κ3) is 5.10. The molecule has 2 aromatic rings. The SMILES string of the molecule is CN(C)c1ccc(/N=N/c2ccc(CCSS)cc2)cc1. The lowest BCUT2D eigenvalue weighted by atomic mass is 10.1. The van der Waals surface area contributed by atoms with Crippen molar-refractivity contribution >= 4 is 39.5 Å². The quantitative estimate of drug-likeness (QED) is 0.445. The topological polar surface area (TPSA) is 28.0 Å². The van der Waals surface area contributed by atoms with E-state index in [-0.39, 0.29) is 0 Å². The van der Waals surface area contributed by atoms with Gasteiger partial charge in [0.2, 0.25) is 0 Å². The maximum absolute atomic E-state index is 4.26. The standard InChI is InChI=1S/C16H19N3S2/c1-19(2)16-9-7-15(8-10-16)18-17-14-5-3-13(4-6-14)11-12-21-20/h3-10,20H,11-12H2,1-2H3/b18-17+. The second-order valence-electron chi connectivity index (χ2n) is 4.86. The van der Waals surface area contributed by atoms with Crippen molar-refractivity contribution in [3.8, 4) is 0 Å². The van der Waals surface area contributed by atoms with Gasteiger partial charge in [0.15, 0.2) is 0 Å². The Labute approximate surface area is 135 Å². The molecule has 0 bridgehead atoms. The fraction of sp³-hybridized carbons (Fsp3) is 0.250. The van der Waals surface area contributed by atoms with E-state index in [1.54, 1.807) is 10.8 Å². The Morgan fingerprint density at radius 1 is 0.905 bits per heavy atom. The molecule has 0 aromatic heterocycles. The first-order valence-corrected chi connectivity index (χ1v) is 8.77. The van der Waals surface area contributed by atoms with Gasteiger partial charge in [0, 0.05) is 25.5 Å². The van der Waals surface area contributed by atoms with Crippen molar-refractivity contribution in [2.45, 2.75) is 6.42 Å². The van der Waals surface area contributed by atoms with Gasteiger partial charge in [-0.3, -0.25) is 0 Å². The Hall–Kier alpha value is -1.46. The van der Waals surface area contributed by atoms with Crippen molar-refractivity contribution in [1.82, 2.24) is 0 Å². The summed E-state index contributed by atoms with van der Waals surface area (Å²) in [4.78, 5) is 2.06. The summed E-state index contributed by atoms with van der Waals surface area (Å²) in [6, 6.07) is 16.2. The van der Waals surface area contributed by atoms with Gasteiger partial charge in [0.05, 0.1) is 11.4 Å². The smallest absolute Gasteiger partial charge is 0.0858 e. The zero-order chi connectivity index (χ0) is 15.1. The van der Waals surface area contributed by atoms with E-state index < -0.39 is 0 Å². The molecule has 0 atom stereocenters. The lowest BCUT2D eigenvalue weighted by Crippen LogP contribution is -2.07. The minimum atomic E-state index is 0.858. The van der Waals surface area contributed by atoms with Gasteiger partial charge in [0.1, 0.15) is 0 Å². The summed E-state index contributed by atoms with van der Waals surface area (Å²) < 4.78 is 0. The molecule has 0 N–H and O–H groups in total. The van der Waals surface area contributed by atoms with E-state index >= 15 is 0 Å². The number of azo groups is 1. The summed E-state index contributed by atoms with van der Waals surface area (Å²) in [5.74, 6) is 1.02. The predicted molar refractivity (Wildman–Crippen MR) is 96.5 cm³/mol. The van der Waals surface area contributed by atoms with Gasteiger partial charge in [-0.15, -0.1) is 11.7 Å². The molecule has 21 heavy (non-hydrogen) atoms. The number of aryl methyl sites for hydroxylation is 1. The molecular formula is C16H19N3S2. The summed E-state index contributed by atoms with van der Waals surface area (Å²) in [7, 11) is 5.60. The van der Waals surface area contributed by atoms with E-state index in [1.165, 1.54) is 5.56 Å². The van der Waals surface area contributed by atoms with Crippen LogP contribution in [0.3, 0.4) is 0 Å². The maximum atomic E-state index is 4.26. The highest BCUT2D eigenvalue weighted by atomic mass is 33.1. The number of nitrogens with zero attached hydrogens (tertiary/aromatic N) is 3. The zero-order valence-electron chi connectivity index (χ0n) is 12.2. The Morgan fingerprint density at radius 3 is 1.90 bits per heavy atom. The molecule has 2 aromatic carbocycles. The van der Waals surface area contributed by atoms with Crippen LogP contribution in [-0.2, 0) is 6.42 Å². The molecule has 0 aliphatic heterocycles. The minimum Gasteiger partial charge on any atom is -0.378 e. The molecular weight excluding hydrogens is 298 g/mol. The van der Waals surface area contributed by atoms with Crippen LogP contribution < -0.4 is 4.90 Å². The van der Waals surface area contributed by atoms with Gasteiger partial charge in [-0.05, 0) is 48.4 Å². The predicted octanol–water partition coefficient (Wildman–Crippen LogP) is 5.29. The number of rotatable bonds is 6. The monoisotopic (exact) mass is 317 g/mol. The average Bonchev–Trinajstić information content (AvgIpc) is 2.52. The fourth-order valence-electron chi connectivity index (χ4n) is 1.83. The van der Waals surface area contributed by atoms with Gasteiger partial charge in [-0.1, -0.05) is 22.9 Å². The second kappa shape index (κ2) is 8.10. The van der Waals surface area contributed by atoms with E-state index in [2.05, 4.69) is 38.9 Å². The zero-order valence-corrected chi connectivity index (χ0v) is 13.9. The lowest BCUT2D eigenvalue weighted by Gasteiger charge is -2.11. The molecule has 0 saturated carbocycles. The van der Waals surface area contributed by atoms with Gasteiger partial charge in [-0.2, -0.15) is 10.2 Å². The number of thiol groups is 1. The molecule has 0 amide bonds. The van der Waals surface area contributed by atoms with Gasteiger partial charge in [0.25, 0.3) is 0 Å². The molecule has 0 heterocycles. The summed E-state index contributed by atoms with van der Waals surface area (Å²) in [6.45, 7) is 0. The highest BCUT2D eigenvalue weighted by Crippen LogP contribution is 2.22. The summed E-state index contributed by atoms with van der Waals surface area (Å²) in [5.41, 5.74) is 4.18. The Bertz CT molecular complexity index is 577. The molecule has 5 heteroatoms. The molecule has 0 aliphatic rings. The van der Waals surface area contributed by atoms with E-state index in [1.807, 2.05) is 50.5 Å². The van der Waals surface area contributed by atoms with Crippen LogP contribution in [0.25, 0.3) is 0 Å². The molecule has 110 valence electrons. The number of hydrogen-bond donors (Lipinski definition) is 1. The Kier molecular flexibility index (Phi) is 6.14. The summed E-state index contributed by atoms with van der Waals surface area (Å²) >= 11 is 4.14. The van der Waals surface area contributed by atoms with Crippen LogP contribution in [0.5, 0.6) is 0 Å². The highest BCUT2D eigenvalue weighted by molar-refractivity contribution is 8.68. The first-order chi connectivity index (χ1) is 10.2. The highest BCUT2D eigenvalue weighted by Gasteiger charge is 1.96. The van der Waals surface area contributed by atoms with E-state index in [0.717, 1.165) is 29.2 Å². The van der Waals surface area contributed by atoms with Crippen molar-refractivity contribution in [2.75, 3.05) is 24.7 Å². The Morgan fingerprint density at radius 2 is 1.43 bits per heavy atom. The fourth-order valence-corrected chi connectivity index (χ4v) is 2.43. The number of anilines is 1. The van der Waals surface area contributed by atoms with Crippen LogP contribution in [0, 0.1) is 0 Å².